The van der Waals surface area contributed by atoms with Gasteiger partial charge in [0.15, 0.2) is 0 Å². The Morgan fingerprint density at radius 1 is 1.11 bits per heavy atom. The van der Waals surface area contributed by atoms with Crippen molar-refractivity contribution in [3.63, 3.8) is 0 Å². The highest BCUT2D eigenvalue weighted by Gasteiger charge is 2.48. The highest BCUT2D eigenvalue weighted by atomic mass is 19.1. The molecule has 3 N–H and O–H groups in total. The van der Waals surface area contributed by atoms with Crippen LogP contribution in [0.25, 0.3) is 11.1 Å². The summed E-state index contributed by atoms with van der Waals surface area (Å²) in [7, 11) is 0. The summed E-state index contributed by atoms with van der Waals surface area (Å²) in [6.45, 7) is -0.184. The zero-order valence-electron chi connectivity index (χ0n) is 20.4. The van der Waals surface area contributed by atoms with Gasteiger partial charge in [-0.25, -0.2) is 8.78 Å². The van der Waals surface area contributed by atoms with Gasteiger partial charge in [0.25, 0.3) is 5.91 Å². The van der Waals surface area contributed by atoms with E-state index in [1.165, 1.54) is 6.20 Å². The van der Waals surface area contributed by atoms with Crippen molar-refractivity contribution in [3.8, 4) is 23.5 Å². The summed E-state index contributed by atoms with van der Waals surface area (Å²) >= 11 is 0. The number of benzene rings is 2. The molecular formula is C28H25F2N5O3. The van der Waals surface area contributed by atoms with Crippen molar-refractivity contribution in [2.45, 2.75) is 43.8 Å². The Morgan fingerprint density at radius 3 is 2.55 bits per heavy atom. The van der Waals surface area contributed by atoms with Crippen molar-refractivity contribution >= 4 is 17.7 Å². The van der Waals surface area contributed by atoms with Crippen LogP contribution in [0.2, 0.25) is 0 Å². The van der Waals surface area contributed by atoms with E-state index in [-0.39, 0.29) is 29.8 Å². The lowest BCUT2D eigenvalue weighted by atomic mass is 9.97. The molecule has 2 aliphatic rings. The molecule has 0 atom stereocenters. The number of amides is 3. The van der Waals surface area contributed by atoms with Crippen LogP contribution in [0.3, 0.4) is 0 Å². The van der Waals surface area contributed by atoms with Crippen molar-refractivity contribution < 1.29 is 23.2 Å². The van der Waals surface area contributed by atoms with Gasteiger partial charge in [0.2, 0.25) is 0 Å². The van der Waals surface area contributed by atoms with Crippen molar-refractivity contribution in [3.05, 3.63) is 77.1 Å². The smallest absolute Gasteiger partial charge is 0.310 e. The van der Waals surface area contributed by atoms with Gasteiger partial charge in [-0.3, -0.25) is 19.1 Å². The van der Waals surface area contributed by atoms with E-state index in [0.717, 1.165) is 25.0 Å². The van der Waals surface area contributed by atoms with Crippen molar-refractivity contribution in [1.82, 2.24) is 25.7 Å². The van der Waals surface area contributed by atoms with Gasteiger partial charge in [0, 0.05) is 35.0 Å². The Hall–Kier alpha value is -4.52. The predicted molar refractivity (Wildman–Crippen MR) is 134 cm³/mol. The summed E-state index contributed by atoms with van der Waals surface area (Å²) in [6, 6.07) is 9.09. The molecule has 3 amide bonds. The van der Waals surface area contributed by atoms with Gasteiger partial charge in [-0.15, -0.1) is 6.42 Å². The zero-order chi connectivity index (χ0) is 26.9. The quantitative estimate of drug-likeness (QED) is 0.316. The molecule has 2 aromatic carbocycles. The van der Waals surface area contributed by atoms with Crippen LogP contribution < -0.4 is 16.0 Å². The van der Waals surface area contributed by atoms with Gasteiger partial charge in [-0.2, -0.15) is 5.10 Å². The predicted octanol–water partition coefficient (Wildman–Crippen LogP) is 2.95. The standard InChI is InChI=1S/C28H25F2N5O3/c1-2-11-31-26(37)27(38)32-14-17-5-3-4-6-21(17)25(36)34-28(9-10-28)23-13-19(29)12-22(24(23)30)18-15-33-35(16-18)20-7-8-20/h1,3-6,12-13,15-16,20H,7-11,14H2,(H,31,37)(H,32,38)(H,34,36). The summed E-state index contributed by atoms with van der Waals surface area (Å²) in [4.78, 5) is 37.1. The molecule has 0 aliphatic heterocycles. The number of aromatic nitrogens is 2. The maximum absolute atomic E-state index is 15.8. The van der Waals surface area contributed by atoms with Crippen LogP contribution in [-0.2, 0) is 21.7 Å². The van der Waals surface area contributed by atoms with Crippen LogP contribution in [0.5, 0.6) is 0 Å². The van der Waals surface area contributed by atoms with E-state index >= 15 is 4.39 Å². The zero-order valence-corrected chi connectivity index (χ0v) is 20.4. The van der Waals surface area contributed by atoms with E-state index in [4.69, 9.17) is 6.42 Å². The monoisotopic (exact) mass is 517 g/mol. The van der Waals surface area contributed by atoms with Crippen LogP contribution in [0.4, 0.5) is 8.78 Å². The van der Waals surface area contributed by atoms with Crippen molar-refractivity contribution in [1.29, 1.82) is 0 Å². The van der Waals surface area contributed by atoms with Gasteiger partial charge in [-0.05, 0) is 49.4 Å². The Kier molecular flexibility index (Phi) is 6.68. The third kappa shape index (κ3) is 5.13. The van der Waals surface area contributed by atoms with Crippen molar-refractivity contribution in [2.24, 2.45) is 0 Å². The van der Waals surface area contributed by atoms with E-state index < -0.39 is 34.9 Å². The maximum atomic E-state index is 15.8. The first-order valence-corrected chi connectivity index (χ1v) is 12.3. The third-order valence-corrected chi connectivity index (χ3v) is 6.75. The summed E-state index contributed by atoms with van der Waals surface area (Å²) < 4.78 is 32.2. The van der Waals surface area contributed by atoms with Gasteiger partial charge < -0.3 is 16.0 Å². The Morgan fingerprint density at radius 2 is 1.84 bits per heavy atom. The van der Waals surface area contributed by atoms with Gasteiger partial charge in [0.05, 0.1) is 24.3 Å². The Labute approximate surface area is 217 Å². The van der Waals surface area contributed by atoms with Crippen molar-refractivity contribution in [2.75, 3.05) is 6.54 Å². The average molecular weight is 518 g/mol. The number of carbonyl (C=O) groups excluding carboxylic acids is 3. The molecule has 8 nitrogen and oxygen atoms in total. The van der Waals surface area contributed by atoms with Gasteiger partial charge >= 0.3 is 11.8 Å². The number of hydrogen-bond acceptors (Lipinski definition) is 4. The van der Waals surface area contributed by atoms with Crippen LogP contribution in [0, 0.1) is 24.0 Å². The lowest BCUT2D eigenvalue weighted by molar-refractivity contribution is -0.139. The molecule has 10 heteroatoms. The highest BCUT2D eigenvalue weighted by Crippen LogP contribution is 2.48. The number of rotatable bonds is 8. The summed E-state index contributed by atoms with van der Waals surface area (Å²) in [5.74, 6) is -1.29. The fourth-order valence-corrected chi connectivity index (χ4v) is 4.40. The average Bonchev–Trinajstić information content (AvgIpc) is 3.86. The topological polar surface area (TPSA) is 105 Å². The second-order valence-corrected chi connectivity index (χ2v) is 9.52. The molecule has 0 unspecified atom stereocenters. The first-order valence-electron chi connectivity index (χ1n) is 12.3. The molecule has 2 saturated carbocycles. The molecule has 0 bridgehead atoms. The number of carbonyl (C=O) groups is 3. The third-order valence-electron chi connectivity index (χ3n) is 6.75. The van der Waals surface area contributed by atoms with E-state index in [2.05, 4.69) is 27.0 Å². The van der Waals surface area contributed by atoms with Crippen LogP contribution in [0.1, 0.15) is 53.2 Å². The molecule has 1 heterocycles. The minimum atomic E-state index is -1.06. The summed E-state index contributed by atoms with van der Waals surface area (Å²) in [6.07, 6.45) is 11.2. The van der Waals surface area contributed by atoms with E-state index in [0.29, 0.717) is 30.0 Å². The van der Waals surface area contributed by atoms with Crippen LogP contribution in [-0.4, -0.2) is 34.0 Å². The molecule has 0 saturated heterocycles. The molecule has 194 valence electrons. The fourth-order valence-electron chi connectivity index (χ4n) is 4.40. The minimum absolute atomic E-state index is 0.0796. The lowest BCUT2D eigenvalue weighted by Crippen LogP contribution is -2.40. The number of nitrogens with zero attached hydrogens (tertiary/aromatic N) is 2. The number of terminal acetylenes is 1. The number of halogens is 2. The van der Waals surface area contributed by atoms with Gasteiger partial charge in [0.1, 0.15) is 11.6 Å². The molecule has 0 radical (unpaired) electrons. The molecule has 1 aromatic heterocycles. The number of hydrogen-bond donors (Lipinski definition) is 3. The van der Waals surface area contributed by atoms with E-state index in [1.54, 1.807) is 35.1 Å². The van der Waals surface area contributed by atoms with Crippen LogP contribution >= 0.6 is 0 Å². The summed E-state index contributed by atoms with van der Waals surface area (Å²) in [5.41, 5.74) is 0.285. The minimum Gasteiger partial charge on any atom is -0.344 e. The highest BCUT2D eigenvalue weighted by molar-refractivity contribution is 6.35. The molecule has 38 heavy (non-hydrogen) atoms. The maximum Gasteiger partial charge on any atom is 0.310 e. The second-order valence-electron chi connectivity index (χ2n) is 9.52. The first kappa shape index (κ1) is 25.1. The molecule has 2 aliphatic carbocycles. The van der Waals surface area contributed by atoms with E-state index in [1.807, 2.05) is 0 Å². The van der Waals surface area contributed by atoms with Gasteiger partial charge in [-0.1, -0.05) is 24.1 Å². The lowest BCUT2D eigenvalue weighted by Gasteiger charge is -2.21. The largest absolute Gasteiger partial charge is 0.344 e. The Balaban J connectivity index is 1.34. The Bertz CT molecular complexity index is 1470. The molecule has 5 rings (SSSR count). The summed E-state index contributed by atoms with van der Waals surface area (Å²) in [5, 5.41) is 11.9. The SMILES string of the molecule is C#CCNC(=O)C(=O)NCc1ccccc1C(=O)NC1(c2cc(F)cc(-c3cnn(C4CC4)c3)c2F)CC1. The molecule has 3 aromatic rings. The number of nitrogens with one attached hydrogen (secondary N) is 3. The fraction of sp³-hybridized carbons (Fsp3) is 0.286. The van der Waals surface area contributed by atoms with Crippen LogP contribution in [0.15, 0.2) is 48.8 Å². The van der Waals surface area contributed by atoms with E-state index in [9.17, 15) is 18.8 Å². The molecule has 0 spiro atoms. The first-order chi connectivity index (χ1) is 18.3. The second kappa shape index (κ2) is 10.1. The molecular weight excluding hydrogens is 492 g/mol. The molecule has 2 fully saturated rings. The normalized spacial score (nSPS) is 15.3.